The standard InChI is InChI=1S/C6H12.C4H8.2C3H8.3C2H6/c1-4-5-6(2)3;1-3-4-2;2*1-3-2;3*1-2/h5H,4H2,1-3H3;3H,1,4H2,2H3;2*3H2,1-2H3;3*1-2H3. The zero-order valence-electron chi connectivity index (χ0n) is 19.2. The summed E-state index contributed by atoms with van der Waals surface area (Å²) in [5, 5.41) is 0. The van der Waals surface area contributed by atoms with Crippen molar-refractivity contribution in [2.45, 2.75) is 123 Å². The molecule has 0 bridgehead atoms. The van der Waals surface area contributed by atoms with Gasteiger partial charge < -0.3 is 0 Å². The van der Waals surface area contributed by atoms with Crippen molar-refractivity contribution in [3.05, 3.63) is 24.3 Å². The van der Waals surface area contributed by atoms with Crippen LogP contribution < -0.4 is 0 Å². The Morgan fingerprint density at radius 3 is 0.818 bits per heavy atom. The Morgan fingerprint density at radius 1 is 0.636 bits per heavy atom. The molecule has 0 aromatic rings. The third-order valence-electron chi connectivity index (χ3n) is 0.901. The van der Waals surface area contributed by atoms with Crippen LogP contribution in [0.1, 0.15) is 123 Å². The van der Waals surface area contributed by atoms with Crippen LogP contribution in [-0.4, -0.2) is 0 Å². The quantitative estimate of drug-likeness (QED) is 0.444. The molecule has 0 heteroatoms. The molecule has 22 heavy (non-hydrogen) atoms. The van der Waals surface area contributed by atoms with Gasteiger partial charge in [-0.1, -0.05) is 114 Å². The van der Waals surface area contributed by atoms with Gasteiger partial charge in [0.15, 0.2) is 0 Å². The smallest absolute Gasteiger partial charge is 0.0377 e. The fraction of sp³-hybridized carbons (Fsp3) is 0.818. The Hall–Kier alpha value is -0.520. The Balaban J connectivity index is -0.0000000252. The van der Waals surface area contributed by atoms with Crippen molar-refractivity contribution in [2.24, 2.45) is 0 Å². The lowest BCUT2D eigenvalue weighted by Gasteiger charge is -1.80. The maximum absolute atomic E-state index is 3.48. The summed E-state index contributed by atoms with van der Waals surface area (Å²) in [5.41, 5.74) is 1.41. The maximum atomic E-state index is 3.48. The van der Waals surface area contributed by atoms with Crippen molar-refractivity contribution in [1.82, 2.24) is 0 Å². The topological polar surface area (TPSA) is 0 Å². The predicted molar refractivity (Wildman–Crippen MR) is 116 cm³/mol. The molecular formula is C22H54. The van der Waals surface area contributed by atoms with Gasteiger partial charge in [-0.25, -0.2) is 0 Å². The largest absolute Gasteiger partial charge is 0.103 e. The molecule has 0 aliphatic carbocycles. The lowest BCUT2D eigenvalue weighted by atomic mass is 10.3. The molecule has 0 aliphatic heterocycles. The Morgan fingerprint density at radius 2 is 0.818 bits per heavy atom. The Labute approximate surface area is 147 Å². The van der Waals surface area contributed by atoms with Gasteiger partial charge in [0, 0.05) is 0 Å². The third kappa shape index (κ3) is 549. The fourth-order valence-corrected chi connectivity index (χ4v) is 0.408. The average molecular weight is 319 g/mol. The highest BCUT2D eigenvalue weighted by Gasteiger charge is 1.67. The van der Waals surface area contributed by atoms with Gasteiger partial charge >= 0.3 is 0 Å². The van der Waals surface area contributed by atoms with E-state index >= 15 is 0 Å². The van der Waals surface area contributed by atoms with E-state index in [-0.39, 0.29) is 0 Å². The normalized spacial score (nSPS) is 5.73. The highest BCUT2D eigenvalue weighted by Crippen LogP contribution is 1.89. The van der Waals surface area contributed by atoms with E-state index < -0.39 is 0 Å². The zero-order valence-corrected chi connectivity index (χ0v) is 19.2. The van der Waals surface area contributed by atoms with Crippen molar-refractivity contribution in [2.75, 3.05) is 0 Å². The maximum Gasteiger partial charge on any atom is -0.0377 e. The molecule has 0 nitrogen and oxygen atoms in total. The number of allylic oxidation sites excluding steroid dienone is 3. The van der Waals surface area contributed by atoms with Gasteiger partial charge in [-0.15, -0.1) is 6.58 Å². The molecule has 0 radical (unpaired) electrons. The van der Waals surface area contributed by atoms with Crippen LogP contribution in [0.5, 0.6) is 0 Å². The molecule has 0 unspecified atom stereocenters. The molecule has 0 aliphatic rings. The molecule has 0 saturated carbocycles. The van der Waals surface area contributed by atoms with Crippen molar-refractivity contribution >= 4 is 0 Å². The summed E-state index contributed by atoms with van der Waals surface area (Å²) in [6.07, 6.45) is 8.84. The molecule has 0 rings (SSSR count). The monoisotopic (exact) mass is 318 g/mol. The third-order valence-corrected chi connectivity index (χ3v) is 0.901. The summed E-state index contributed by atoms with van der Waals surface area (Å²) in [7, 11) is 0. The van der Waals surface area contributed by atoms with Crippen LogP contribution in [-0.2, 0) is 0 Å². The minimum atomic E-state index is 1.08. The number of hydrogen-bond donors (Lipinski definition) is 0. The molecule has 0 atom stereocenters. The highest BCUT2D eigenvalue weighted by molar-refractivity contribution is 4.91. The summed E-state index contributed by atoms with van der Waals surface area (Å²) in [5.74, 6) is 0. The van der Waals surface area contributed by atoms with E-state index in [4.69, 9.17) is 0 Å². The Bertz CT molecular complexity index is 103. The molecule has 0 N–H and O–H groups in total. The van der Waals surface area contributed by atoms with Gasteiger partial charge in [-0.2, -0.15) is 0 Å². The first-order valence-corrected chi connectivity index (χ1v) is 9.76. The Kier molecular flexibility index (Phi) is 211. The van der Waals surface area contributed by atoms with Gasteiger partial charge in [-0.05, 0) is 26.7 Å². The van der Waals surface area contributed by atoms with Crippen molar-refractivity contribution in [3.63, 3.8) is 0 Å². The van der Waals surface area contributed by atoms with Gasteiger partial charge in [0.1, 0.15) is 0 Å². The summed E-state index contributed by atoms with van der Waals surface area (Å²) in [6, 6.07) is 0. The molecule has 0 aromatic heterocycles. The van der Waals surface area contributed by atoms with E-state index in [0.717, 1.165) is 6.42 Å². The first-order valence-electron chi connectivity index (χ1n) is 9.76. The van der Waals surface area contributed by atoms with Crippen LogP contribution in [0, 0.1) is 0 Å². The first kappa shape index (κ1) is 43.0. The van der Waals surface area contributed by atoms with Crippen molar-refractivity contribution in [3.8, 4) is 0 Å². The second-order valence-electron chi connectivity index (χ2n) is 3.80. The van der Waals surface area contributed by atoms with Crippen LogP contribution in [0.2, 0.25) is 0 Å². The van der Waals surface area contributed by atoms with E-state index in [1.165, 1.54) is 24.8 Å². The predicted octanol–water partition coefficient (Wildman–Crippen LogP) is 9.86. The van der Waals surface area contributed by atoms with E-state index in [2.05, 4.69) is 68.0 Å². The van der Waals surface area contributed by atoms with E-state index in [1.54, 1.807) is 0 Å². The summed E-state index contributed by atoms with van der Waals surface area (Å²) in [4.78, 5) is 0. The minimum Gasteiger partial charge on any atom is -0.103 e. The second-order valence-corrected chi connectivity index (χ2v) is 3.80. The summed E-state index contributed by atoms with van der Waals surface area (Å²) >= 11 is 0. The molecule has 0 spiro atoms. The number of hydrogen-bond acceptors (Lipinski definition) is 0. The minimum absolute atomic E-state index is 1.08. The molecular weight excluding hydrogens is 264 g/mol. The van der Waals surface area contributed by atoms with Crippen LogP contribution in [0.4, 0.5) is 0 Å². The lowest BCUT2D eigenvalue weighted by Crippen LogP contribution is -1.58. The molecule has 0 heterocycles. The lowest BCUT2D eigenvalue weighted by molar-refractivity contribution is 1.09. The average Bonchev–Trinajstić information content (AvgIpc) is 2.55. The number of rotatable bonds is 2. The van der Waals surface area contributed by atoms with E-state index in [0.29, 0.717) is 0 Å². The van der Waals surface area contributed by atoms with Crippen LogP contribution in [0.15, 0.2) is 24.3 Å². The van der Waals surface area contributed by atoms with Crippen molar-refractivity contribution < 1.29 is 0 Å². The zero-order chi connectivity index (χ0) is 19.8. The van der Waals surface area contributed by atoms with Crippen LogP contribution in [0.25, 0.3) is 0 Å². The molecule has 0 saturated heterocycles. The molecule has 0 fully saturated rings. The van der Waals surface area contributed by atoms with E-state index in [1.807, 2.05) is 47.6 Å². The fourth-order valence-electron chi connectivity index (χ4n) is 0.408. The first-order chi connectivity index (χ1) is 10.5. The SMILES string of the molecule is C=CCC.CC.CC.CC.CCC.CCC.CCC=C(C)C. The van der Waals surface area contributed by atoms with Crippen LogP contribution in [0.3, 0.4) is 0 Å². The highest BCUT2D eigenvalue weighted by atomic mass is 13.7. The van der Waals surface area contributed by atoms with Gasteiger partial charge in [0.2, 0.25) is 0 Å². The van der Waals surface area contributed by atoms with Crippen LogP contribution >= 0.6 is 0 Å². The molecule has 0 aromatic carbocycles. The van der Waals surface area contributed by atoms with Gasteiger partial charge in [0.25, 0.3) is 0 Å². The molecule has 0 amide bonds. The molecule has 142 valence electrons. The van der Waals surface area contributed by atoms with Gasteiger partial charge in [0.05, 0.1) is 0 Å². The second kappa shape index (κ2) is 108. The van der Waals surface area contributed by atoms with Crippen molar-refractivity contribution in [1.29, 1.82) is 0 Å². The summed E-state index contributed by atoms with van der Waals surface area (Å²) < 4.78 is 0. The summed E-state index contributed by atoms with van der Waals surface area (Å²) in [6.45, 7) is 32.4. The van der Waals surface area contributed by atoms with Gasteiger partial charge in [-0.3, -0.25) is 0 Å². The van der Waals surface area contributed by atoms with E-state index in [9.17, 15) is 0 Å².